The summed E-state index contributed by atoms with van der Waals surface area (Å²) in [6, 6.07) is 4.96. The summed E-state index contributed by atoms with van der Waals surface area (Å²) in [6.45, 7) is 3.75. The summed E-state index contributed by atoms with van der Waals surface area (Å²) in [6.07, 6.45) is -3.18. The van der Waals surface area contributed by atoms with Crippen LogP contribution >= 0.6 is 12.2 Å². The fourth-order valence-electron chi connectivity index (χ4n) is 2.40. The van der Waals surface area contributed by atoms with E-state index in [-0.39, 0.29) is 18.2 Å². The number of rotatable bonds is 7. The summed E-state index contributed by atoms with van der Waals surface area (Å²) < 4.78 is 42.3. The number of aromatic amines is 1. The van der Waals surface area contributed by atoms with E-state index in [0.717, 1.165) is 6.42 Å². The van der Waals surface area contributed by atoms with Gasteiger partial charge >= 0.3 is 6.36 Å². The third kappa shape index (κ3) is 5.58. The molecule has 0 unspecified atom stereocenters. The van der Waals surface area contributed by atoms with Gasteiger partial charge in [-0.1, -0.05) is 19.1 Å². The molecular formula is C16H19F3N4O2S. The number of carbonyl (C=O) groups is 1. The van der Waals surface area contributed by atoms with Crippen LogP contribution in [0.25, 0.3) is 0 Å². The molecule has 0 saturated carbocycles. The molecule has 0 radical (unpaired) electrons. The maximum Gasteiger partial charge on any atom is 0.573 e. The maximum absolute atomic E-state index is 12.3. The van der Waals surface area contributed by atoms with Crippen LogP contribution < -0.4 is 10.1 Å². The van der Waals surface area contributed by atoms with E-state index in [1.807, 2.05) is 6.92 Å². The monoisotopic (exact) mass is 388 g/mol. The van der Waals surface area contributed by atoms with E-state index < -0.39 is 12.4 Å². The highest BCUT2D eigenvalue weighted by atomic mass is 32.1. The smallest absolute Gasteiger partial charge is 0.406 e. The Balaban J connectivity index is 1.99. The lowest BCUT2D eigenvalue weighted by Crippen LogP contribution is -2.30. The average molecular weight is 388 g/mol. The van der Waals surface area contributed by atoms with Crippen LogP contribution in [0.2, 0.25) is 0 Å². The van der Waals surface area contributed by atoms with Crippen LogP contribution in [0.5, 0.6) is 5.75 Å². The second-order valence-electron chi connectivity index (χ2n) is 5.69. The number of aromatic nitrogens is 3. The van der Waals surface area contributed by atoms with Crippen molar-refractivity contribution in [2.24, 2.45) is 0 Å². The SMILES string of the molecule is CCCc1n[nH]c(=S)n1CC(=O)N[C@@H](C)c1ccc(OC(F)(F)F)cc1. The number of carbonyl (C=O) groups excluding carboxylic acids is 1. The van der Waals surface area contributed by atoms with Crippen molar-refractivity contribution < 1.29 is 22.7 Å². The highest BCUT2D eigenvalue weighted by Crippen LogP contribution is 2.24. The molecule has 0 spiro atoms. The first-order valence-corrected chi connectivity index (χ1v) is 8.39. The van der Waals surface area contributed by atoms with Crippen LogP contribution in [-0.2, 0) is 17.8 Å². The van der Waals surface area contributed by atoms with Gasteiger partial charge < -0.3 is 10.1 Å². The second-order valence-corrected chi connectivity index (χ2v) is 6.07. The number of ether oxygens (including phenoxy) is 1. The van der Waals surface area contributed by atoms with Gasteiger partial charge in [-0.3, -0.25) is 14.5 Å². The van der Waals surface area contributed by atoms with Crippen LogP contribution in [0.3, 0.4) is 0 Å². The molecule has 142 valence electrons. The van der Waals surface area contributed by atoms with Gasteiger partial charge in [0.05, 0.1) is 6.04 Å². The van der Waals surface area contributed by atoms with Gasteiger partial charge in [-0.15, -0.1) is 13.2 Å². The molecule has 2 rings (SSSR count). The number of hydrogen-bond acceptors (Lipinski definition) is 4. The van der Waals surface area contributed by atoms with Crippen molar-refractivity contribution in [1.29, 1.82) is 0 Å². The molecule has 1 amide bonds. The fourth-order valence-corrected chi connectivity index (χ4v) is 2.62. The standard InChI is InChI=1S/C16H19F3N4O2S/c1-3-4-13-21-22-15(26)23(13)9-14(24)20-10(2)11-5-7-12(8-6-11)25-16(17,18)19/h5-8,10H,3-4,9H2,1-2H3,(H,20,24)(H,22,26)/t10-/m0/s1. The average Bonchev–Trinajstić information content (AvgIpc) is 2.87. The quantitative estimate of drug-likeness (QED) is 0.710. The predicted octanol–water partition coefficient (Wildman–Crippen LogP) is 3.67. The van der Waals surface area contributed by atoms with Crippen LogP contribution in [0.1, 0.15) is 37.7 Å². The lowest BCUT2D eigenvalue weighted by molar-refractivity contribution is -0.274. The molecule has 0 aliphatic carbocycles. The summed E-state index contributed by atoms with van der Waals surface area (Å²) >= 11 is 5.13. The first kappa shape index (κ1) is 20.0. The molecule has 1 aromatic heterocycles. The van der Waals surface area contributed by atoms with E-state index in [1.54, 1.807) is 11.5 Å². The summed E-state index contributed by atoms with van der Waals surface area (Å²) in [7, 11) is 0. The Kier molecular flexibility index (Phi) is 6.41. The lowest BCUT2D eigenvalue weighted by Gasteiger charge is -2.16. The van der Waals surface area contributed by atoms with Gasteiger partial charge in [-0.05, 0) is 43.3 Å². The fraction of sp³-hybridized carbons (Fsp3) is 0.438. The molecule has 1 atom stereocenters. The van der Waals surface area contributed by atoms with Crippen LogP contribution in [-0.4, -0.2) is 27.0 Å². The Morgan fingerprint density at radius 1 is 1.38 bits per heavy atom. The Hall–Kier alpha value is -2.36. The highest BCUT2D eigenvalue weighted by Gasteiger charge is 2.31. The van der Waals surface area contributed by atoms with Crippen molar-refractivity contribution in [2.75, 3.05) is 0 Å². The molecule has 0 saturated heterocycles. The number of hydrogen-bond donors (Lipinski definition) is 2. The third-order valence-electron chi connectivity index (χ3n) is 3.60. The molecule has 0 bridgehead atoms. The second kappa shape index (κ2) is 8.35. The zero-order valence-electron chi connectivity index (χ0n) is 14.3. The number of nitrogens with zero attached hydrogens (tertiary/aromatic N) is 2. The minimum absolute atomic E-state index is 0.0181. The molecule has 26 heavy (non-hydrogen) atoms. The number of nitrogens with one attached hydrogen (secondary N) is 2. The molecular weight excluding hydrogens is 369 g/mol. The summed E-state index contributed by atoms with van der Waals surface area (Å²) in [5, 5.41) is 9.55. The Morgan fingerprint density at radius 3 is 2.62 bits per heavy atom. The number of aryl methyl sites for hydroxylation is 1. The normalized spacial score (nSPS) is 12.7. The molecule has 6 nitrogen and oxygen atoms in total. The zero-order chi connectivity index (χ0) is 19.3. The van der Waals surface area contributed by atoms with Crippen molar-refractivity contribution >= 4 is 18.1 Å². The molecule has 0 aliphatic heterocycles. The van der Waals surface area contributed by atoms with Crippen molar-refractivity contribution in [1.82, 2.24) is 20.1 Å². The van der Waals surface area contributed by atoms with Crippen LogP contribution in [0, 0.1) is 4.77 Å². The number of halogens is 3. The molecule has 1 heterocycles. The summed E-state index contributed by atoms with van der Waals surface area (Å²) in [4.78, 5) is 12.3. The van der Waals surface area contributed by atoms with Crippen molar-refractivity contribution in [3.05, 3.63) is 40.4 Å². The molecule has 0 aliphatic rings. The van der Waals surface area contributed by atoms with Gasteiger partial charge in [0.15, 0.2) is 4.77 Å². The van der Waals surface area contributed by atoms with Gasteiger partial charge in [0.1, 0.15) is 18.1 Å². The Morgan fingerprint density at radius 2 is 2.04 bits per heavy atom. The Bertz CT molecular complexity index is 799. The van der Waals surface area contributed by atoms with E-state index >= 15 is 0 Å². The Labute approximate surface area is 153 Å². The van der Waals surface area contributed by atoms with Gasteiger partial charge in [-0.25, -0.2) is 0 Å². The number of amides is 1. The van der Waals surface area contributed by atoms with E-state index in [1.165, 1.54) is 24.3 Å². The number of H-pyrrole nitrogens is 1. The van der Waals surface area contributed by atoms with E-state index in [2.05, 4.69) is 20.3 Å². The topological polar surface area (TPSA) is 71.9 Å². The minimum Gasteiger partial charge on any atom is -0.406 e. The highest BCUT2D eigenvalue weighted by molar-refractivity contribution is 7.71. The lowest BCUT2D eigenvalue weighted by atomic mass is 10.1. The van der Waals surface area contributed by atoms with E-state index in [9.17, 15) is 18.0 Å². The van der Waals surface area contributed by atoms with Crippen molar-refractivity contribution in [3.63, 3.8) is 0 Å². The van der Waals surface area contributed by atoms with Crippen molar-refractivity contribution in [3.8, 4) is 5.75 Å². The van der Waals surface area contributed by atoms with Gasteiger partial charge in [0.25, 0.3) is 0 Å². The summed E-state index contributed by atoms with van der Waals surface area (Å²) in [5.41, 5.74) is 0.650. The molecule has 10 heteroatoms. The minimum atomic E-state index is -4.73. The first-order valence-electron chi connectivity index (χ1n) is 7.98. The number of alkyl halides is 3. The van der Waals surface area contributed by atoms with Gasteiger partial charge in [0.2, 0.25) is 5.91 Å². The van der Waals surface area contributed by atoms with E-state index in [0.29, 0.717) is 22.6 Å². The molecule has 0 fully saturated rings. The van der Waals surface area contributed by atoms with Crippen LogP contribution in [0.4, 0.5) is 13.2 Å². The third-order valence-corrected chi connectivity index (χ3v) is 3.92. The van der Waals surface area contributed by atoms with Crippen LogP contribution in [0.15, 0.2) is 24.3 Å². The largest absolute Gasteiger partial charge is 0.573 e. The number of benzene rings is 1. The molecule has 2 N–H and O–H groups in total. The maximum atomic E-state index is 12.3. The van der Waals surface area contributed by atoms with Crippen molar-refractivity contribution in [2.45, 2.75) is 45.6 Å². The molecule has 2 aromatic rings. The molecule has 1 aromatic carbocycles. The first-order chi connectivity index (χ1) is 12.2. The predicted molar refractivity (Wildman–Crippen MR) is 91.1 cm³/mol. The zero-order valence-corrected chi connectivity index (χ0v) is 15.1. The van der Waals surface area contributed by atoms with Gasteiger partial charge in [-0.2, -0.15) is 5.10 Å². The summed E-state index contributed by atoms with van der Waals surface area (Å²) in [5.74, 6) is 0.116. The van der Waals surface area contributed by atoms with E-state index in [4.69, 9.17) is 12.2 Å². The van der Waals surface area contributed by atoms with Gasteiger partial charge in [0, 0.05) is 6.42 Å².